The maximum Gasteiger partial charge on any atom is 0.311 e. The Morgan fingerprint density at radius 1 is 0.758 bits per heavy atom. The number of ether oxygens (including phenoxy) is 1. The van der Waals surface area contributed by atoms with Crippen LogP contribution in [0.1, 0.15) is 42.4 Å². The molecule has 0 spiro atoms. The van der Waals surface area contributed by atoms with Crippen molar-refractivity contribution in [3.63, 3.8) is 0 Å². The molecule has 2 heterocycles. The van der Waals surface area contributed by atoms with Crippen molar-refractivity contribution in [1.29, 1.82) is 0 Å². The second-order valence-corrected chi connectivity index (χ2v) is 9.53. The van der Waals surface area contributed by atoms with Crippen LogP contribution in [0.15, 0.2) is 84.9 Å². The zero-order chi connectivity index (χ0) is 22.2. The van der Waals surface area contributed by atoms with E-state index in [4.69, 9.17) is 4.74 Å². The first kappa shape index (κ1) is 20.4. The number of hydrogen-bond donors (Lipinski definition) is 0. The van der Waals surface area contributed by atoms with Gasteiger partial charge in [-0.25, -0.2) is 0 Å². The van der Waals surface area contributed by atoms with E-state index in [1.54, 1.807) is 0 Å². The molecule has 3 atom stereocenters. The largest absolute Gasteiger partial charge is 0.457 e. The van der Waals surface area contributed by atoms with E-state index < -0.39 is 0 Å². The van der Waals surface area contributed by atoms with E-state index in [1.807, 2.05) is 0 Å². The summed E-state index contributed by atoms with van der Waals surface area (Å²) in [6, 6.07) is 29.9. The van der Waals surface area contributed by atoms with Crippen LogP contribution in [-0.2, 0) is 9.53 Å². The topological polar surface area (TPSA) is 29.5 Å². The Kier molecular flexibility index (Phi) is 5.35. The van der Waals surface area contributed by atoms with Gasteiger partial charge in [0, 0.05) is 18.0 Å². The van der Waals surface area contributed by atoms with Gasteiger partial charge in [0.15, 0.2) is 0 Å². The van der Waals surface area contributed by atoms with Crippen molar-refractivity contribution >= 4 is 27.5 Å². The second-order valence-electron chi connectivity index (χ2n) is 9.53. The SMILES string of the molecule is O=C1O[C@H](c2cccc3ccccc23)[C@H](c2ccc3ccccc3c2)C1CN1CCCCC1. The van der Waals surface area contributed by atoms with Crippen molar-refractivity contribution in [1.82, 2.24) is 4.90 Å². The van der Waals surface area contributed by atoms with Gasteiger partial charge in [-0.3, -0.25) is 4.79 Å². The first-order chi connectivity index (χ1) is 16.3. The Labute approximate surface area is 195 Å². The van der Waals surface area contributed by atoms with Crippen LogP contribution in [-0.4, -0.2) is 30.5 Å². The third-order valence-corrected chi connectivity index (χ3v) is 7.50. The van der Waals surface area contributed by atoms with Gasteiger partial charge in [-0.1, -0.05) is 91.3 Å². The van der Waals surface area contributed by atoms with Crippen LogP contribution in [0.25, 0.3) is 21.5 Å². The number of piperidine rings is 1. The third-order valence-electron chi connectivity index (χ3n) is 7.50. The lowest BCUT2D eigenvalue weighted by Gasteiger charge is -2.30. The highest BCUT2D eigenvalue weighted by atomic mass is 16.6. The predicted molar refractivity (Wildman–Crippen MR) is 133 cm³/mol. The summed E-state index contributed by atoms with van der Waals surface area (Å²) in [4.78, 5) is 15.8. The van der Waals surface area contributed by atoms with E-state index in [0.29, 0.717) is 0 Å². The van der Waals surface area contributed by atoms with Crippen molar-refractivity contribution in [3.05, 3.63) is 96.1 Å². The summed E-state index contributed by atoms with van der Waals surface area (Å²) in [5.74, 6) is -0.222. The molecule has 3 nitrogen and oxygen atoms in total. The van der Waals surface area contributed by atoms with Gasteiger partial charge in [0.2, 0.25) is 0 Å². The minimum atomic E-state index is -0.278. The number of esters is 1. The molecule has 1 unspecified atom stereocenters. The summed E-state index contributed by atoms with van der Waals surface area (Å²) < 4.78 is 6.22. The average molecular weight is 436 g/mol. The van der Waals surface area contributed by atoms with Gasteiger partial charge in [0.05, 0.1) is 5.92 Å². The number of cyclic esters (lactones) is 1. The van der Waals surface area contributed by atoms with Gasteiger partial charge in [-0.2, -0.15) is 0 Å². The Morgan fingerprint density at radius 3 is 2.33 bits per heavy atom. The number of fused-ring (bicyclic) bond motifs is 2. The molecule has 2 saturated heterocycles. The molecule has 0 bridgehead atoms. The zero-order valence-electron chi connectivity index (χ0n) is 18.8. The fourth-order valence-electron chi connectivity index (χ4n) is 5.83. The van der Waals surface area contributed by atoms with Gasteiger partial charge in [0.25, 0.3) is 0 Å². The second kappa shape index (κ2) is 8.64. The maximum atomic E-state index is 13.4. The lowest BCUT2D eigenvalue weighted by molar-refractivity contribution is -0.145. The molecule has 0 saturated carbocycles. The summed E-state index contributed by atoms with van der Waals surface area (Å²) in [5, 5.41) is 4.79. The molecule has 3 heteroatoms. The van der Waals surface area contributed by atoms with Gasteiger partial charge in [0.1, 0.15) is 6.10 Å². The van der Waals surface area contributed by atoms with E-state index in [-0.39, 0.29) is 23.9 Å². The number of likely N-dealkylation sites (tertiary alicyclic amines) is 1. The molecule has 2 aliphatic rings. The summed E-state index contributed by atoms with van der Waals surface area (Å²) >= 11 is 0. The Bertz CT molecular complexity index is 1300. The number of carbonyl (C=O) groups is 1. The normalized spacial score (nSPS) is 23.8. The smallest absolute Gasteiger partial charge is 0.311 e. The van der Waals surface area contributed by atoms with Crippen molar-refractivity contribution in [2.45, 2.75) is 31.3 Å². The minimum absolute atomic E-state index is 0.00478. The number of hydrogen-bond acceptors (Lipinski definition) is 3. The molecular formula is C30H29NO2. The highest BCUT2D eigenvalue weighted by Crippen LogP contribution is 2.48. The molecule has 166 valence electrons. The molecule has 4 aromatic rings. The van der Waals surface area contributed by atoms with Crippen LogP contribution in [0.3, 0.4) is 0 Å². The summed E-state index contributed by atoms with van der Waals surface area (Å²) in [7, 11) is 0. The Hall–Kier alpha value is -3.17. The van der Waals surface area contributed by atoms with Crippen LogP contribution in [0.5, 0.6) is 0 Å². The van der Waals surface area contributed by atoms with Gasteiger partial charge in [-0.05, 0) is 53.0 Å². The quantitative estimate of drug-likeness (QED) is 0.344. The van der Waals surface area contributed by atoms with Crippen LogP contribution >= 0.6 is 0 Å². The molecule has 0 amide bonds. The fraction of sp³-hybridized carbons (Fsp3) is 0.300. The molecule has 0 N–H and O–H groups in total. The first-order valence-corrected chi connectivity index (χ1v) is 12.2. The summed E-state index contributed by atoms with van der Waals surface area (Å²) in [6.07, 6.45) is 3.45. The monoisotopic (exact) mass is 435 g/mol. The lowest BCUT2D eigenvalue weighted by atomic mass is 9.79. The number of carbonyl (C=O) groups excluding carboxylic acids is 1. The van der Waals surface area contributed by atoms with Crippen molar-refractivity contribution < 1.29 is 9.53 Å². The fourth-order valence-corrected chi connectivity index (χ4v) is 5.83. The standard InChI is InChI=1S/C30H29NO2/c32-30-27(20-31-17-6-1-7-18-31)28(24-16-15-21-9-2-3-11-23(21)19-24)29(33-30)26-14-8-12-22-10-4-5-13-25(22)26/h2-5,8-16,19,27-29H,1,6-7,17-18,20H2/t27?,28-,29-/m1/s1. The first-order valence-electron chi connectivity index (χ1n) is 12.2. The van der Waals surface area contributed by atoms with E-state index >= 15 is 0 Å². The molecular weight excluding hydrogens is 406 g/mol. The van der Waals surface area contributed by atoms with E-state index in [9.17, 15) is 4.79 Å². The van der Waals surface area contributed by atoms with E-state index in [1.165, 1.54) is 46.4 Å². The zero-order valence-corrected chi connectivity index (χ0v) is 18.8. The van der Waals surface area contributed by atoms with E-state index in [0.717, 1.165) is 25.2 Å². The summed E-state index contributed by atoms with van der Waals surface area (Å²) in [5.41, 5.74) is 2.31. The molecule has 2 fully saturated rings. The van der Waals surface area contributed by atoms with Crippen molar-refractivity contribution in [2.75, 3.05) is 19.6 Å². The molecule has 6 rings (SSSR count). The minimum Gasteiger partial charge on any atom is -0.457 e. The Morgan fingerprint density at radius 2 is 1.48 bits per heavy atom. The highest BCUT2D eigenvalue weighted by Gasteiger charge is 2.47. The lowest BCUT2D eigenvalue weighted by Crippen LogP contribution is -2.37. The van der Waals surface area contributed by atoms with Crippen molar-refractivity contribution in [3.8, 4) is 0 Å². The van der Waals surface area contributed by atoms with E-state index in [2.05, 4.69) is 89.8 Å². The van der Waals surface area contributed by atoms with Crippen LogP contribution in [0.4, 0.5) is 0 Å². The molecule has 0 radical (unpaired) electrons. The molecule has 0 aromatic heterocycles. The predicted octanol–water partition coefficient (Wildman–Crippen LogP) is 6.48. The average Bonchev–Trinajstić information content (AvgIpc) is 3.19. The van der Waals surface area contributed by atoms with Gasteiger partial charge < -0.3 is 9.64 Å². The highest BCUT2D eigenvalue weighted by molar-refractivity contribution is 5.88. The van der Waals surface area contributed by atoms with Crippen LogP contribution < -0.4 is 0 Å². The number of rotatable bonds is 4. The molecule has 0 aliphatic carbocycles. The number of benzene rings is 4. The summed E-state index contributed by atoms with van der Waals surface area (Å²) in [6.45, 7) is 2.93. The maximum absolute atomic E-state index is 13.4. The van der Waals surface area contributed by atoms with Crippen LogP contribution in [0, 0.1) is 5.92 Å². The van der Waals surface area contributed by atoms with Gasteiger partial charge >= 0.3 is 5.97 Å². The third kappa shape index (κ3) is 3.81. The van der Waals surface area contributed by atoms with Crippen LogP contribution in [0.2, 0.25) is 0 Å². The molecule has 4 aromatic carbocycles. The van der Waals surface area contributed by atoms with Crippen molar-refractivity contribution in [2.24, 2.45) is 5.92 Å². The Balaban J connectivity index is 1.46. The number of nitrogens with zero attached hydrogens (tertiary/aromatic N) is 1. The molecule has 33 heavy (non-hydrogen) atoms. The molecule has 2 aliphatic heterocycles. The van der Waals surface area contributed by atoms with Gasteiger partial charge in [-0.15, -0.1) is 0 Å².